The van der Waals surface area contributed by atoms with Crippen molar-refractivity contribution in [1.82, 2.24) is 5.32 Å². The van der Waals surface area contributed by atoms with Crippen molar-refractivity contribution in [1.29, 1.82) is 0 Å². The predicted octanol–water partition coefficient (Wildman–Crippen LogP) is 2.14. The van der Waals surface area contributed by atoms with Gasteiger partial charge in [-0.2, -0.15) is 0 Å². The maximum Gasteiger partial charge on any atom is 0.258 e. The molecule has 1 aromatic rings. The van der Waals surface area contributed by atoms with Crippen LogP contribution in [0.25, 0.3) is 0 Å². The zero-order valence-corrected chi connectivity index (χ0v) is 12.0. The highest BCUT2D eigenvalue weighted by molar-refractivity contribution is 5.79. The van der Waals surface area contributed by atoms with E-state index in [-0.39, 0.29) is 0 Å². The first kappa shape index (κ1) is 15.5. The van der Waals surface area contributed by atoms with Gasteiger partial charge in [-0.3, -0.25) is 4.79 Å². The van der Waals surface area contributed by atoms with E-state index >= 15 is 0 Å². The van der Waals surface area contributed by atoms with Crippen molar-refractivity contribution in [2.75, 3.05) is 6.54 Å². The number of hydrogen-bond donors (Lipinski definition) is 2. The highest BCUT2D eigenvalue weighted by atomic mass is 16.5. The summed E-state index contributed by atoms with van der Waals surface area (Å²) in [6.07, 6.45) is 1.10. The fraction of sp³-hybridized carbons (Fsp3) is 0.533. The van der Waals surface area contributed by atoms with Crippen molar-refractivity contribution in [2.45, 2.75) is 46.3 Å². The van der Waals surface area contributed by atoms with E-state index in [1.165, 1.54) is 5.56 Å². The lowest BCUT2D eigenvalue weighted by atomic mass is 10.1. The molecule has 1 unspecified atom stereocenters. The van der Waals surface area contributed by atoms with Crippen LogP contribution in [0, 0.1) is 6.92 Å². The number of benzene rings is 1. The lowest BCUT2D eigenvalue weighted by Crippen LogP contribution is -2.33. The normalized spacial score (nSPS) is 12.2. The largest absolute Gasteiger partial charge is 0.480 e. The first-order valence-corrected chi connectivity index (χ1v) is 6.84. The molecule has 0 aliphatic carbocycles. The average molecular weight is 264 g/mol. The van der Waals surface area contributed by atoms with Crippen molar-refractivity contribution in [3.63, 3.8) is 0 Å². The smallest absolute Gasteiger partial charge is 0.258 e. The zero-order chi connectivity index (χ0) is 14.3. The summed E-state index contributed by atoms with van der Waals surface area (Å²) < 4.78 is 5.73. The second kappa shape index (κ2) is 7.79. The topological polar surface area (TPSA) is 64.3 Å². The van der Waals surface area contributed by atoms with Crippen LogP contribution in [-0.4, -0.2) is 18.6 Å². The van der Waals surface area contributed by atoms with Gasteiger partial charge in [0.1, 0.15) is 5.75 Å². The van der Waals surface area contributed by atoms with Crippen molar-refractivity contribution < 1.29 is 9.53 Å². The quantitative estimate of drug-likeness (QED) is 0.707. The number of rotatable bonds is 8. The summed E-state index contributed by atoms with van der Waals surface area (Å²) in [5.74, 6) is 0.315. The molecule has 0 saturated carbocycles. The Labute approximate surface area is 115 Å². The first-order valence-electron chi connectivity index (χ1n) is 6.84. The number of nitrogens with two attached hydrogens (primary N) is 1. The summed E-state index contributed by atoms with van der Waals surface area (Å²) in [6.45, 7) is 7.75. The van der Waals surface area contributed by atoms with Gasteiger partial charge in [0.15, 0.2) is 6.10 Å². The van der Waals surface area contributed by atoms with Gasteiger partial charge in [0.25, 0.3) is 5.91 Å². The number of primary amides is 1. The van der Waals surface area contributed by atoms with E-state index in [1.54, 1.807) is 0 Å². The van der Waals surface area contributed by atoms with Gasteiger partial charge in [-0.1, -0.05) is 31.5 Å². The summed E-state index contributed by atoms with van der Waals surface area (Å²) in [5, 5.41) is 3.34. The van der Waals surface area contributed by atoms with Crippen molar-refractivity contribution >= 4 is 5.91 Å². The summed E-state index contributed by atoms with van der Waals surface area (Å²) in [5.41, 5.74) is 7.55. The van der Waals surface area contributed by atoms with Crippen LogP contribution in [0.5, 0.6) is 5.75 Å². The molecule has 1 atom stereocenters. The number of nitrogens with one attached hydrogen (secondary N) is 1. The molecule has 0 fully saturated rings. The Bertz CT molecular complexity index is 419. The second-order valence-corrected chi connectivity index (χ2v) is 4.71. The van der Waals surface area contributed by atoms with Crippen LogP contribution in [0.1, 0.15) is 37.8 Å². The Morgan fingerprint density at radius 3 is 2.74 bits per heavy atom. The molecule has 0 aromatic heterocycles. The third kappa shape index (κ3) is 4.91. The van der Waals surface area contributed by atoms with Gasteiger partial charge < -0.3 is 15.8 Å². The number of hydrogen-bond acceptors (Lipinski definition) is 3. The number of carbonyl (C=O) groups is 1. The molecule has 0 heterocycles. The number of carbonyl (C=O) groups excluding carboxylic acids is 1. The highest BCUT2D eigenvalue weighted by Gasteiger charge is 2.16. The lowest BCUT2D eigenvalue weighted by Gasteiger charge is -2.18. The number of amides is 1. The minimum atomic E-state index is -0.562. The van der Waals surface area contributed by atoms with Gasteiger partial charge >= 0.3 is 0 Å². The summed E-state index contributed by atoms with van der Waals surface area (Å²) in [4.78, 5) is 11.3. The fourth-order valence-corrected chi connectivity index (χ4v) is 1.86. The first-order chi connectivity index (χ1) is 9.08. The Morgan fingerprint density at radius 2 is 2.16 bits per heavy atom. The SMILES string of the molecule is CCCNCc1cc(C)ccc1OC(CC)C(N)=O. The summed E-state index contributed by atoms with van der Waals surface area (Å²) in [7, 11) is 0. The predicted molar refractivity (Wildman–Crippen MR) is 77.1 cm³/mol. The second-order valence-electron chi connectivity index (χ2n) is 4.71. The molecule has 4 nitrogen and oxygen atoms in total. The van der Waals surface area contributed by atoms with Gasteiger partial charge in [0.2, 0.25) is 0 Å². The molecule has 1 amide bonds. The van der Waals surface area contributed by atoms with E-state index in [2.05, 4.69) is 18.3 Å². The highest BCUT2D eigenvalue weighted by Crippen LogP contribution is 2.22. The molecule has 0 spiro atoms. The van der Waals surface area contributed by atoms with Gasteiger partial charge in [-0.05, 0) is 32.4 Å². The Balaban J connectivity index is 2.83. The Kier molecular flexibility index (Phi) is 6.36. The molecule has 1 rings (SSSR count). The van der Waals surface area contributed by atoms with Crippen molar-refractivity contribution in [3.8, 4) is 5.75 Å². The van der Waals surface area contributed by atoms with E-state index in [9.17, 15) is 4.79 Å². The molecular formula is C15H24N2O2. The minimum absolute atomic E-state index is 0.421. The molecule has 0 bridgehead atoms. The molecule has 0 saturated heterocycles. The third-order valence-corrected chi connectivity index (χ3v) is 2.92. The van der Waals surface area contributed by atoms with Crippen LogP contribution in [0.4, 0.5) is 0 Å². The molecule has 19 heavy (non-hydrogen) atoms. The molecule has 0 aliphatic rings. The van der Waals surface area contributed by atoms with Crippen LogP contribution in [0.15, 0.2) is 18.2 Å². The molecule has 106 valence electrons. The van der Waals surface area contributed by atoms with E-state index in [1.807, 2.05) is 26.0 Å². The Hall–Kier alpha value is -1.55. The summed E-state index contributed by atoms with van der Waals surface area (Å²) in [6, 6.07) is 5.96. The zero-order valence-electron chi connectivity index (χ0n) is 12.0. The molecule has 0 radical (unpaired) electrons. The van der Waals surface area contributed by atoms with Gasteiger partial charge in [-0.15, -0.1) is 0 Å². The maximum atomic E-state index is 11.3. The van der Waals surface area contributed by atoms with Gasteiger partial charge in [0.05, 0.1) is 0 Å². The van der Waals surface area contributed by atoms with Crippen molar-refractivity contribution in [2.24, 2.45) is 5.73 Å². The standard InChI is InChI=1S/C15H24N2O2/c1-4-8-17-10-12-9-11(3)6-7-14(12)19-13(5-2)15(16)18/h6-7,9,13,17H,4-5,8,10H2,1-3H3,(H2,16,18). The van der Waals surface area contributed by atoms with E-state index in [4.69, 9.17) is 10.5 Å². The van der Waals surface area contributed by atoms with Crippen LogP contribution in [-0.2, 0) is 11.3 Å². The van der Waals surface area contributed by atoms with E-state index in [0.717, 1.165) is 30.8 Å². The average Bonchev–Trinajstić information content (AvgIpc) is 2.37. The Morgan fingerprint density at radius 1 is 1.42 bits per heavy atom. The molecule has 1 aromatic carbocycles. The van der Waals surface area contributed by atoms with Crippen LogP contribution < -0.4 is 15.8 Å². The number of ether oxygens (including phenoxy) is 1. The van der Waals surface area contributed by atoms with E-state index < -0.39 is 12.0 Å². The van der Waals surface area contributed by atoms with Gasteiger partial charge in [0, 0.05) is 12.1 Å². The monoisotopic (exact) mass is 264 g/mol. The minimum Gasteiger partial charge on any atom is -0.480 e. The van der Waals surface area contributed by atoms with Crippen LogP contribution in [0.2, 0.25) is 0 Å². The van der Waals surface area contributed by atoms with Crippen LogP contribution >= 0.6 is 0 Å². The molecular weight excluding hydrogens is 240 g/mol. The third-order valence-electron chi connectivity index (χ3n) is 2.92. The molecule has 3 N–H and O–H groups in total. The maximum absolute atomic E-state index is 11.3. The molecule has 4 heteroatoms. The summed E-state index contributed by atoms with van der Waals surface area (Å²) >= 11 is 0. The van der Waals surface area contributed by atoms with Crippen LogP contribution in [0.3, 0.4) is 0 Å². The van der Waals surface area contributed by atoms with Gasteiger partial charge in [-0.25, -0.2) is 0 Å². The fourth-order valence-electron chi connectivity index (χ4n) is 1.86. The molecule has 0 aliphatic heterocycles. The van der Waals surface area contributed by atoms with E-state index in [0.29, 0.717) is 6.42 Å². The lowest BCUT2D eigenvalue weighted by molar-refractivity contribution is -0.124. The number of aryl methyl sites for hydroxylation is 1. The van der Waals surface area contributed by atoms with Crippen molar-refractivity contribution in [3.05, 3.63) is 29.3 Å².